The highest BCUT2D eigenvalue weighted by molar-refractivity contribution is 5.95. The van der Waals surface area contributed by atoms with Crippen LogP contribution >= 0.6 is 0 Å². The second-order valence-electron chi connectivity index (χ2n) is 10.7. The molecule has 0 spiro atoms. The Hall–Kier alpha value is -3.36. The molecular weight excluding hydrogens is 488 g/mol. The predicted octanol–water partition coefficient (Wildman–Crippen LogP) is 5.15. The van der Waals surface area contributed by atoms with E-state index in [0.717, 1.165) is 6.42 Å². The molecular formula is C30H34O8. The van der Waals surface area contributed by atoms with Crippen LogP contribution in [0.2, 0.25) is 0 Å². The Morgan fingerprint density at radius 2 is 1.87 bits per heavy atom. The first-order valence-corrected chi connectivity index (χ1v) is 13.1. The maximum absolute atomic E-state index is 13.1. The van der Waals surface area contributed by atoms with Crippen LogP contribution in [0.15, 0.2) is 54.6 Å². The molecule has 202 valence electrons. The molecule has 1 saturated heterocycles. The van der Waals surface area contributed by atoms with Crippen LogP contribution in [0.4, 0.5) is 0 Å². The largest absolute Gasteiger partial charge is 0.507 e. The summed E-state index contributed by atoms with van der Waals surface area (Å²) in [5.41, 5.74) is 1.34. The molecule has 0 radical (unpaired) electrons. The third-order valence-electron chi connectivity index (χ3n) is 7.32. The van der Waals surface area contributed by atoms with Crippen LogP contribution < -0.4 is 4.74 Å². The van der Waals surface area contributed by atoms with Crippen molar-refractivity contribution in [1.82, 2.24) is 0 Å². The van der Waals surface area contributed by atoms with Crippen molar-refractivity contribution in [3.8, 4) is 11.5 Å². The zero-order valence-corrected chi connectivity index (χ0v) is 22.1. The van der Waals surface area contributed by atoms with Crippen LogP contribution in [-0.4, -0.2) is 54.4 Å². The molecule has 2 aromatic carbocycles. The fourth-order valence-electron chi connectivity index (χ4n) is 5.44. The number of phenols is 1. The van der Waals surface area contributed by atoms with Crippen molar-refractivity contribution in [2.45, 2.75) is 76.2 Å². The van der Waals surface area contributed by atoms with Gasteiger partial charge in [-0.05, 0) is 75.3 Å². The van der Waals surface area contributed by atoms with Gasteiger partial charge >= 0.3 is 11.9 Å². The predicted molar refractivity (Wildman–Crippen MR) is 138 cm³/mol. The highest BCUT2D eigenvalue weighted by atomic mass is 16.8. The highest BCUT2D eigenvalue weighted by Gasteiger charge is 2.51. The number of esters is 2. The molecule has 1 N–H and O–H groups in total. The summed E-state index contributed by atoms with van der Waals surface area (Å²) < 4.78 is 29.6. The van der Waals surface area contributed by atoms with E-state index in [1.165, 1.54) is 13.2 Å². The van der Waals surface area contributed by atoms with Crippen LogP contribution in [0.25, 0.3) is 0 Å². The molecule has 3 unspecified atom stereocenters. The summed E-state index contributed by atoms with van der Waals surface area (Å²) in [6.07, 6.45) is 3.40. The molecule has 6 atom stereocenters. The number of benzene rings is 2. The molecule has 5 rings (SSSR count). The average Bonchev–Trinajstić information content (AvgIpc) is 3.57. The summed E-state index contributed by atoms with van der Waals surface area (Å²) in [5.74, 6) is -1.37. The van der Waals surface area contributed by atoms with Crippen molar-refractivity contribution < 1.29 is 38.4 Å². The van der Waals surface area contributed by atoms with Gasteiger partial charge in [0.05, 0.1) is 18.8 Å². The molecule has 1 aliphatic carbocycles. The Bertz CT molecular complexity index is 1220. The molecule has 0 bridgehead atoms. The Morgan fingerprint density at radius 1 is 1.11 bits per heavy atom. The number of aromatic hydroxyl groups is 1. The zero-order chi connectivity index (χ0) is 27.0. The average molecular weight is 523 g/mol. The first kappa shape index (κ1) is 26.3. The highest BCUT2D eigenvalue weighted by Crippen LogP contribution is 2.54. The van der Waals surface area contributed by atoms with E-state index in [4.69, 9.17) is 23.7 Å². The molecule has 2 fully saturated rings. The lowest BCUT2D eigenvalue weighted by Crippen LogP contribution is -2.38. The third-order valence-corrected chi connectivity index (χ3v) is 7.32. The van der Waals surface area contributed by atoms with Gasteiger partial charge in [0.1, 0.15) is 35.4 Å². The van der Waals surface area contributed by atoms with Crippen LogP contribution in [0.1, 0.15) is 72.2 Å². The fraction of sp³-hybridized carbons (Fsp3) is 0.467. The van der Waals surface area contributed by atoms with Gasteiger partial charge in [-0.1, -0.05) is 24.3 Å². The number of carbonyl (C=O) groups is 2. The zero-order valence-electron chi connectivity index (χ0n) is 22.1. The number of carbonyl (C=O) groups excluding carboxylic acids is 2. The van der Waals surface area contributed by atoms with E-state index < -0.39 is 36.0 Å². The van der Waals surface area contributed by atoms with E-state index in [1.54, 1.807) is 43.3 Å². The second kappa shape index (κ2) is 10.4. The van der Waals surface area contributed by atoms with E-state index in [1.807, 2.05) is 26.0 Å². The lowest BCUT2D eigenvalue weighted by molar-refractivity contribution is -0.153. The monoisotopic (exact) mass is 522 g/mol. The molecule has 3 aliphatic rings. The molecule has 8 nitrogen and oxygen atoms in total. The minimum atomic E-state index is -0.856. The van der Waals surface area contributed by atoms with E-state index in [9.17, 15) is 14.7 Å². The molecule has 8 heteroatoms. The van der Waals surface area contributed by atoms with Gasteiger partial charge in [0.15, 0.2) is 5.79 Å². The second-order valence-corrected chi connectivity index (χ2v) is 10.7. The quantitative estimate of drug-likeness (QED) is 0.437. The number of cyclic esters (lactones) is 1. The first-order chi connectivity index (χ1) is 18.1. The molecule has 2 aromatic rings. The van der Waals surface area contributed by atoms with Crippen molar-refractivity contribution in [3.63, 3.8) is 0 Å². The minimum Gasteiger partial charge on any atom is -0.507 e. The molecule has 2 aliphatic heterocycles. The lowest BCUT2D eigenvalue weighted by Gasteiger charge is -2.25. The van der Waals surface area contributed by atoms with Crippen molar-refractivity contribution in [1.29, 1.82) is 0 Å². The van der Waals surface area contributed by atoms with Crippen LogP contribution in [-0.2, 0) is 18.9 Å². The Morgan fingerprint density at radius 3 is 2.61 bits per heavy atom. The van der Waals surface area contributed by atoms with E-state index in [2.05, 4.69) is 0 Å². The van der Waals surface area contributed by atoms with E-state index in [-0.39, 0.29) is 29.3 Å². The van der Waals surface area contributed by atoms with E-state index in [0.29, 0.717) is 29.7 Å². The smallest absolute Gasteiger partial charge is 0.342 e. The van der Waals surface area contributed by atoms with Crippen molar-refractivity contribution in [3.05, 3.63) is 71.3 Å². The maximum atomic E-state index is 13.1. The van der Waals surface area contributed by atoms with E-state index >= 15 is 0 Å². The maximum Gasteiger partial charge on any atom is 0.342 e. The number of ether oxygens (including phenoxy) is 5. The van der Waals surface area contributed by atoms with Gasteiger partial charge in [-0.25, -0.2) is 9.59 Å². The number of phenolic OH excluding ortho intramolecular Hbond substituents is 1. The summed E-state index contributed by atoms with van der Waals surface area (Å²) in [6, 6.07) is 12.1. The third kappa shape index (κ3) is 5.56. The van der Waals surface area contributed by atoms with Crippen LogP contribution in [0, 0.1) is 5.92 Å². The summed E-state index contributed by atoms with van der Waals surface area (Å²) in [6.45, 7) is 5.48. The number of hydrogen-bond donors (Lipinski definition) is 1. The topological polar surface area (TPSA) is 101 Å². The van der Waals surface area contributed by atoms with Gasteiger partial charge in [-0.2, -0.15) is 0 Å². The first-order valence-electron chi connectivity index (χ1n) is 13.1. The molecule has 1 saturated carbocycles. The minimum absolute atomic E-state index is 0.0191. The number of fused-ring (bicyclic) bond motifs is 4. The number of methoxy groups -OCH3 is 1. The summed E-state index contributed by atoms with van der Waals surface area (Å²) in [4.78, 5) is 26.1. The molecule has 38 heavy (non-hydrogen) atoms. The van der Waals surface area contributed by atoms with Gasteiger partial charge in [0.25, 0.3) is 0 Å². The van der Waals surface area contributed by atoms with Crippen LogP contribution in [0.5, 0.6) is 11.5 Å². The van der Waals surface area contributed by atoms with Gasteiger partial charge < -0.3 is 28.8 Å². The van der Waals surface area contributed by atoms with Crippen LogP contribution in [0.3, 0.4) is 0 Å². The van der Waals surface area contributed by atoms with Crippen molar-refractivity contribution >= 4 is 11.9 Å². The lowest BCUT2D eigenvalue weighted by atomic mass is 9.96. The summed E-state index contributed by atoms with van der Waals surface area (Å²) in [5, 5.41) is 10.7. The van der Waals surface area contributed by atoms with Gasteiger partial charge in [-0.3, -0.25) is 0 Å². The number of rotatable bonds is 3. The fourth-order valence-corrected chi connectivity index (χ4v) is 5.44. The van der Waals surface area contributed by atoms with Gasteiger partial charge in [0, 0.05) is 12.5 Å². The molecule has 2 heterocycles. The Kier molecular flexibility index (Phi) is 7.20. The SMILES string of the molecule is COc1cc(O)c2c(c1)C1CC1C[C@@H]1OC(C)(C)O[C@@H]1C(OC(=O)c1ccccc1)C=CC[C@H](C)OC2=O. The van der Waals surface area contributed by atoms with Gasteiger partial charge in [0.2, 0.25) is 0 Å². The number of hydrogen-bond acceptors (Lipinski definition) is 8. The molecule has 0 aromatic heterocycles. The van der Waals surface area contributed by atoms with Crippen molar-refractivity contribution in [2.75, 3.05) is 7.11 Å². The summed E-state index contributed by atoms with van der Waals surface area (Å²) >= 11 is 0. The van der Waals surface area contributed by atoms with Crippen molar-refractivity contribution in [2.24, 2.45) is 5.92 Å². The Labute approximate surface area is 222 Å². The Balaban J connectivity index is 1.48. The molecule has 0 amide bonds. The normalized spacial score (nSPS) is 30.2. The van der Waals surface area contributed by atoms with Gasteiger partial charge in [-0.15, -0.1) is 0 Å². The summed E-state index contributed by atoms with van der Waals surface area (Å²) in [7, 11) is 1.52. The standard InChI is InChI=1S/C30H34O8/c1-17-9-8-12-24(36-28(32)18-10-6-5-7-11-18)27-25(37-30(2,3)38-27)14-19-13-21(19)22-15-20(34-4)16-23(31)26(22)29(33)35-17/h5-8,10-12,15-17,19,21,24-25,27,31H,9,13-14H2,1-4H3/t17-,19?,21?,24?,25-,27+/m0/s1.